The number of aromatic amines is 1. The van der Waals surface area contributed by atoms with Crippen LogP contribution in [0, 0.1) is 0 Å². The zero-order valence-corrected chi connectivity index (χ0v) is 20.3. The number of pyridine rings is 1. The van der Waals surface area contributed by atoms with Crippen LogP contribution >= 0.6 is 11.6 Å². The maximum atomic E-state index is 12.9. The van der Waals surface area contributed by atoms with Crippen LogP contribution in [0.4, 0.5) is 11.4 Å². The lowest BCUT2D eigenvalue weighted by molar-refractivity contribution is -0.122. The fourth-order valence-corrected chi connectivity index (χ4v) is 4.64. The summed E-state index contributed by atoms with van der Waals surface area (Å²) < 4.78 is 23.2. The maximum Gasteiger partial charge on any atom is 0.255 e. The molecule has 1 fully saturated rings. The highest BCUT2D eigenvalue weighted by Gasteiger charge is 2.30. The second kappa shape index (κ2) is 10.2. The van der Waals surface area contributed by atoms with Crippen molar-refractivity contribution in [3.63, 3.8) is 0 Å². The predicted molar refractivity (Wildman–Crippen MR) is 132 cm³/mol. The van der Waals surface area contributed by atoms with Crippen molar-refractivity contribution in [3.05, 3.63) is 52.9 Å². The normalized spacial score (nSPS) is 18.4. The minimum atomic E-state index is -0.268. The Labute approximate surface area is 208 Å². The van der Waals surface area contributed by atoms with Crippen molar-refractivity contribution in [2.24, 2.45) is 0 Å². The van der Waals surface area contributed by atoms with Gasteiger partial charge in [-0.25, -0.2) is 0 Å². The molecular weight excluding hydrogens is 472 g/mol. The number of benzene rings is 1. The lowest BCUT2D eigenvalue weighted by Crippen LogP contribution is -2.40. The molecule has 1 unspecified atom stereocenters. The van der Waals surface area contributed by atoms with Crippen LogP contribution < -0.4 is 20.1 Å². The molecule has 1 amide bonds. The van der Waals surface area contributed by atoms with Gasteiger partial charge in [0, 0.05) is 30.4 Å². The fraction of sp³-hybridized carbons (Fsp3) is 0.360. The highest BCUT2D eigenvalue weighted by atomic mass is 35.5. The number of carbonyl (C=O) groups is 1. The Kier molecular flexibility index (Phi) is 6.81. The lowest BCUT2D eigenvalue weighted by atomic mass is 10.0. The molecule has 10 heteroatoms. The predicted octanol–water partition coefficient (Wildman–Crippen LogP) is 3.95. The van der Waals surface area contributed by atoms with Gasteiger partial charge in [-0.05, 0) is 25.1 Å². The SMILES string of the molecule is COc1c(Cl)cccc1Nc1c(-c2ccncc2O[C@@H](C)C2COCCO2)[nH]c2c1C(=O)NCC2. The summed E-state index contributed by atoms with van der Waals surface area (Å²) >= 11 is 6.35. The zero-order valence-electron chi connectivity index (χ0n) is 19.5. The molecule has 9 nitrogen and oxygen atoms in total. The molecule has 0 saturated carbocycles. The molecule has 5 rings (SSSR count). The number of methoxy groups -OCH3 is 1. The maximum absolute atomic E-state index is 12.9. The number of nitrogens with zero attached hydrogens (tertiary/aromatic N) is 1. The van der Waals surface area contributed by atoms with Gasteiger partial charge >= 0.3 is 0 Å². The largest absolute Gasteiger partial charge is 0.493 e. The summed E-state index contributed by atoms with van der Waals surface area (Å²) in [5.74, 6) is 0.893. The third-order valence-corrected chi connectivity index (χ3v) is 6.43. The summed E-state index contributed by atoms with van der Waals surface area (Å²) in [6, 6.07) is 7.27. The molecule has 1 saturated heterocycles. The van der Waals surface area contributed by atoms with E-state index in [1.807, 2.05) is 25.1 Å². The Balaban J connectivity index is 1.57. The molecule has 0 radical (unpaired) electrons. The Bertz CT molecular complexity index is 1220. The monoisotopic (exact) mass is 498 g/mol. The number of nitrogens with one attached hydrogen (secondary N) is 3. The average Bonchev–Trinajstić information content (AvgIpc) is 3.24. The molecule has 2 aliphatic heterocycles. The van der Waals surface area contributed by atoms with Crippen LogP contribution in [-0.2, 0) is 15.9 Å². The number of fused-ring (bicyclic) bond motifs is 1. The quantitative estimate of drug-likeness (QED) is 0.452. The van der Waals surface area contributed by atoms with E-state index in [1.54, 1.807) is 25.6 Å². The first-order chi connectivity index (χ1) is 17.1. The summed E-state index contributed by atoms with van der Waals surface area (Å²) in [6.07, 6.45) is 3.58. The van der Waals surface area contributed by atoms with Crippen LogP contribution in [0.25, 0.3) is 11.3 Å². The van der Waals surface area contributed by atoms with Crippen LogP contribution in [0.2, 0.25) is 5.02 Å². The molecule has 4 heterocycles. The molecule has 35 heavy (non-hydrogen) atoms. The molecule has 3 N–H and O–H groups in total. The summed E-state index contributed by atoms with van der Waals surface area (Å²) in [5, 5.41) is 6.78. The molecule has 3 aromatic rings. The summed E-state index contributed by atoms with van der Waals surface area (Å²) in [6.45, 7) is 4.08. The highest BCUT2D eigenvalue weighted by molar-refractivity contribution is 6.32. The first-order valence-electron chi connectivity index (χ1n) is 11.5. The molecule has 2 atom stereocenters. The second-order valence-electron chi connectivity index (χ2n) is 8.36. The average molecular weight is 499 g/mol. The molecule has 2 aliphatic rings. The van der Waals surface area contributed by atoms with Gasteiger partial charge in [-0.1, -0.05) is 17.7 Å². The van der Waals surface area contributed by atoms with Gasteiger partial charge in [-0.2, -0.15) is 0 Å². The van der Waals surface area contributed by atoms with E-state index in [-0.39, 0.29) is 18.1 Å². The van der Waals surface area contributed by atoms with Gasteiger partial charge in [0.2, 0.25) is 0 Å². The molecule has 2 aromatic heterocycles. The number of rotatable bonds is 7. The van der Waals surface area contributed by atoms with Crippen LogP contribution in [0.3, 0.4) is 0 Å². The van der Waals surface area contributed by atoms with Crippen molar-refractivity contribution >= 4 is 28.9 Å². The lowest BCUT2D eigenvalue weighted by Gasteiger charge is -2.29. The Hall–Kier alpha value is -3.27. The Morgan fingerprint density at radius 3 is 2.97 bits per heavy atom. The van der Waals surface area contributed by atoms with Crippen LogP contribution in [0.15, 0.2) is 36.7 Å². The van der Waals surface area contributed by atoms with Gasteiger partial charge in [0.15, 0.2) is 5.75 Å². The van der Waals surface area contributed by atoms with Gasteiger partial charge in [0.1, 0.15) is 18.0 Å². The highest BCUT2D eigenvalue weighted by Crippen LogP contribution is 2.43. The summed E-state index contributed by atoms with van der Waals surface area (Å²) in [4.78, 5) is 20.7. The number of amides is 1. The minimum Gasteiger partial charge on any atom is -0.493 e. The van der Waals surface area contributed by atoms with Gasteiger partial charge in [0.05, 0.1) is 60.8 Å². The van der Waals surface area contributed by atoms with E-state index in [0.717, 1.165) is 11.3 Å². The topological polar surface area (TPSA) is 107 Å². The van der Waals surface area contributed by atoms with Crippen molar-refractivity contribution in [3.8, 4) is 22.8 Å². The standard InChI is InChI=1S/C25H27ClN4O5/c1-14(20-13-33-10-11-34-20)35-19-12-27-8-6-15(19)22-23(21-17(29-22)7-9-28-25(21)31)30-18-5-3-4-16(26)24(18)32-2/h3-6,8,12,14,20,29-30H,7,9-11,13H2,1-2H3,(H,28,31)/t14-,20?/m0/s1. The van der Waals surface area contributed by atoms with E-state index in [4.69, 9.17) is 30.5 Å². The summed E-state index contributed by atoms with van der Waals surface area (Å²) in [5.41, 5.74) is 4.10. The van der Waals surface area contributed by atoms with Gasteiger partial charge in [-0.15, -0.1) is 0 Å². The van der Waals surface area contributed by atoms with Crippen molar-refractivity contribution in [2.45, 2.75) is 25.6 Å². The first kappa shape index (κ1) is 23.5. The molecule has 0 spiro atoms. The fourth-order valence-electron chi connectivity index (χ4n) is 4.39. The van der Waals surface area contributed by atoms with Crippen molar-refractivity contribution in [2.75, 3.05) is 38.8 Å². The van der Waals surface area contributed by atoms with E-state index in [9.17, 15) is 4.79 Å². The number of carbonyl (C=O) groups excluding carboxylic acids is 1. The van der Waals surface area contributed by atoms with E-state index in [2.05, 4.69) is 20.6 Å². The Morgan fingerprint density at radius 2 is 2.17 bits per heavy atom. The summed E-state index contributed by atoms with van der Waals surface area (Å²) in [7, 11) is 1.56. The second-order valence-corrected chi connectivity index (χ2v) is 8.77. The number of anilines is 2. The molecular formula is C25H27ClN4O5. The number of halogens is 1. The van der Waals surface area contributed by atoms with E-state index in [1.165, 1.54) is 0 Å². The van der Waals surface area contributed by atoms with Crippen molar-refractivity contribution in [1.82, 2.24) is 15.3 Å². The number of hydrogen-bond donors (Lipinski definition) is 3. The third-order valence-electron chi connectivity index (χ3n) is 6.13. The smallest absolute Gasteiger partial charge is 0.255 e. The third kappa shape index (κ3) is 4.67. The van der Waals surface area contributed by atoms with Gasteiger partial charge in [0.25, 0.3) is 5.91 Å². The first-order valence-corrected chi connectivity index (χ1v) is 11.9. The van der Waals surface area contributed by atoms with Crippen molar-refractivity contribution < 1.29 is 23.7 Å². The number of ether oxygens (including phenoxy) is 4. The molecule has 184 valence electrons. The molecule has 1 aromatic carbocycles. The van der Waals surface area contributed by atoms with E-state index in [0.29, 0.717) is 71.9 Å². The molecule has 0 bridgehead atoms. The van der Waals surface area contributed by atoms with E-state index < -0.39 is 0 Å². The number of H-pyrrole nitrogens is 1. The van der Waals surface area contributed by atoms with Gasteiger partial charge < -0.3 is 34.6 Å². The van der Waals surface area contributed by atoms with Gasteiger partial charge in [-0.3, -0.25) is 9.78 Å². The Morgan fingerprint density at radius 1 is 1.29 bits per heavy atom. The zero-order chi connectivity index (χ0) is 24.4. The number of aromatic nitrogens is 2. The van der Waals surface area contributed by atoms with E-state index >= 15 is 0 Å². The van der Waals surface area contributed by atoms with Crippen molar-refractivity contribution in [1.29, 1.82) is 0 Å². The number of hydrogen-bond acceptors (Lipinski definition) is 7. The van der Waals surface area contributed by atoms with Crippen LogP contribution in [0.1, 0.15) is 23.0 Å². The molecule has 0 aliphatic carbocycles. The minimum absolute atomic E-state index is 0.158. The van der Waals surface area contributed by atoms with Crippen LogP contribution in [-0.4, -0.2) is 61.6 Å². The van der Waals surface area contributed by atoms with Crippen LogP contribution in [0.5, 0.6) is 11.5 Å². The number of para-hydroxylation sites is 1.